The second-order valence-corrected chi connectivity index (χ2v) is 9.70. The molecular weight excluding hydrogens is 450 g/mol. The van der Waals surface area contributed by atoms with Crippen molar-refractivity contribution in [1.29, 1.82) is 0 Å². The Labute approximate surface area is 192 Å². The molecule has 1 atom stereocenters. The summed E-state index contributed by atoms with van der Waals surface area (Å²) in [6, 6.07) is 3.01. The van der Waals surface area contributed by atoms with Crippen LogP contribution in [0.25, 0.3) is 0 Å². The monoisotopic (exact) mass is 479 g/mol. The summed E-state index contributed by atoms with van der Waals surface area (Å²) in [6.07, 6.45) is 2.42. The maximum Gasteiger partial charge on any atom is 0.274 e. The summed E-state index contributed by atoms with van der Waals surface area (Å²) in [6.45, 7) is 8.74. The predicted molar refractivity (Wildman–Crippen MR) is 121 cm³/mol. The van der Waals surface area contributed by atoms with Crippen molar-refractivity contribution in [2.24, 2.45) is 0 Å². The standard InChI is InChI=1S/C21H29N5O6S/c1-5-14(3)23-33(30,31)18-13-16(26(28)29)9-10-17(18)32-21-15(4)19(22-25(21)6-2)20(27)24-11-7-8-12-24/h9-10,13-14,23H,5-8,11-12H2,1-4H3/t14-/m1/s1. The molecule has 0 aliphatic carbocycles. The lowest BCUT2D eigenvalue weighted by molar-refractivity contribution is -0.385. The Kier molecular flexibility index (Phi) is 7.38. The van der Waals surface area contributed by atoms with Crippen LogP contribution in [-0.4, -0.2) is 53.1 Å². The number of nitrogens with one attached hydrogen (secondary N) is 1. The second kappa shape index (κ2) is 9.87. The van der Waals surface area contributed by atoms with Crippen molar-refractivity contribution < 1.29 is 22.9 Å². The van der Waals surface area contributed by atoms with E-state index in [1.54, 1.807) is 18.7 Å². The number of aromatic nitrogens is 2. The number of hydrogen-bond donors (Lipinski definition) is 1. The van der Waals surface area contributed by atoms with Crippen LogP contribution in [0.15, 0.2) is 23.1 Å². The Morgan fingerprint density at radius 1 is 1.30 bits per heavy atom. The van der Waals surface area contributed by atoms with Crippen LogP contribution in [0.5, 0.6) is 11.6 Å². The van der Waals surface area contributed by atoms with Gasteiger partial charge >= 0.3 is 0 Å². The average molecular weight is 480 g/mol. The first kappa shape index (κ1) is 24.6. The summed E-state index contributed by atoms with van der Waals surface area (Å²) in [5.41, 5.74) is 0.348. The van der Waals surface area contributed by atoms with Gasteiger partial charge < -0.3 is 9.64 Å². The highest BCUT2D eigenvalue weighted by Crippen LogP contribution is 2.35. The molecule has 1 aliphatic heterocycles. The molecule has 0 saturated carbocycles. The molecule has 11 nitrogen and oxygen atoms in total. The Hall–Kier alpha value is -2.99. The van der Waals surface area contributed by atoms with Crippen molar-refractivity contribution in [2.45, 2.75) is 64.4 Å². The quantitative estimate of drug-likeness (QED) is 0.431. The molecule has 0 spiro atoms. The maximum absolute atomic E-state index is 13.0. The van der Waals surface area contributed by atoms with Gasteiger partial charge in [-0.3, -0.25) is 14.9 Å². The molecule has 33 heavy (non-hydrogen) atoms. The lowest BCUT2D eigenvalue weighted by Gasteiger charge is -2.16. The minimum absolute atomic E-state index is 0.0886. The van der Waals surface area contributed by atoms with E-state index in [4.69, 9.17) is 4.74 Å². The molecule has 1 N–H and O–H groups in total. The summed E-state index contributed by atoms with van der Waals surface area (Å²) in [7, 11) is -4.12. The molecule has 180 valence electrons. The Bertz CT molecular complexity index is 1150. The van der Waals surface area contributed by atoms with Crippen LogP contribution in [0.4, 0.5) is 5.69 Å². The number of benzene rings is 1. The van der Waals surface area contributed by atoms with Crippen molar-refractivity contribution in [3.63, 3.8) is 0 Å². The number of nitro benzene ring substituents is 1. The zero-order valence-electron chi connectivity index (χ0n) is 19.2. The zero-order valence-corrected chi connectivity index (χ0v) is 20.0. The first-order chi connectivity index (χ1) is 15.6. The molecule has 2 aromatic rings. The summed E-state index contributed by atoms with van der Waals surface area (Å²) in [5.74, 6) is -0.0693. The van der Waals surface area contributed by atoms with E-state index in [0.717, 1.165) is 18.9 Å². The highest BCUT2D eigenvalue weighted by Gasteiger charge is 2.29. The topological polar surface area (TPSA) is 137 Å². The number of nitrogens with zero attached hydrogens (tertiary/aromatic N) is 4. The number of amides is 1. The van der Waals surface area contributed by atoms with Gasteiger partial charge in [-0.25, -0.2) is 17.8 Å². The van der Waals surface area contributed by atoms with Crippen LogP contribution in [0.2, 0.25) is 0 Å². The van der Waals surface area contributed by atoms with Gasteiger partial charge in [-0.15, -0.1) is 0 Å². The largest absolute Gasteiger partial charge is 0.438 e. The Morgan fingerprint density at radius 2 is 1.97 bits per heavy atom. The van der Waals surface area contributed by atoms with Crippen LogP contribution in [-0.2, 0) is 16.6 Å². The van der Waals surface area contributed by atoms with Gasteiger partial charge in [-0.1, -0.05) is 6.92 Å². The van der Waals surface area contributed by atoms with Crippen LogP contribution in [0.1, 0.15) is 56.1 Å². The second-order valence-electron chi connectivity index (χ2n) is 8.01. The van der Waals surface area contributed by atoms with Gasteiger partial charge in [-0.05, 0) is 46.1 Å². The Balaban J connectivity index is 2.05. The lowest BCUT2D eigenvalue weighted by atomic mass is 10.2. The summed E-state index contributed by atoms with van der Waals surface area (Å²) >= 11 is 0. The number of sulfonamides is 1. The van der Waals surface area contributed by atoms with E-state index < -0.39 is 14.9 Å². The normalized spacial score (nSPS) is 15.0. The van der Waals surface area contributed by atoms with Gasteiger partial charge in [0.1, 0.15) is 10.6 Å². The summed E-state index contributed by atoms with van der Waals surface area (Å²) in [5, 5.41) is 15.7. The van der Waals surface area contributed by atoms with Gasteiger partial charge in [0.2, 0.25) is 15.9 Å². The number of likely N-dealkylation sites (tertiary alicyclic amines) is 1. The third kappa shape index (κ3) is 5.17. The molecule has 1 fully saturated rings. The van der Waals surface area contributed by atoms with Crippen molar-refractivity contribution in [3.05, 3.63) is 39.6 Å². The molecular formula is C21H29N5O6S. The van der Waals surface area contributed by atoms with Crippen molar-refractivity contribution in [1.82, 2.24) is 19.4 Å². The third-order valence-electron chi connectivity index (χ3n) is 5.63. The highest BCUT2D eigenvalue weighted by atomic mass is 32.2. The number of carbonyl (C=O) groups is 1. The molecule has 1 amide bonds. The maximum atomic E-state index is 13.0. The molecule has 0 bridgehead atoms. The predicted octanol–water partition coefficient (Wildman–Crippen LogP) is 3.22. The van der Waals surface area contributed by atoms with Gasteiger partial charge in [0.25, 0.3) is 11.6 Å². The van der Waals surface area contributed by atoms with E-state index in [1.165, 1.54) is 16.8 Å². The smallest absolute Gasteiger partial charge is 0.274 e. The molecule has 0 unspecified atom stereocenters. The van der Waals surface area contributed by atoms with Crippen molar-refractivity contribution >= 4 is 21.6 Å². The van der Waals surface area contributed by atoms with Crippen LogP contribution in [0, 0.1) is 17.0 Å². The molecule has 1 saturated heterocycles. The molecule has 2 heterocycles. The fourth-order valence-corrected chi connectivity index (χ4v) is 5.05. The fraction of sp³-hybridized carbons (Fsp3) is 0.524. The number of ether oxygens (including phenoxy) is 1. The van der Waals surface area contributed by atoms with E-state index in [9.17, 15) is 23.3 Å². The van der Waals surface area contributed by atoms with Crippen LogP contribution in [0.3, 0.4) is 0 Å². The minimum atomic E-state index is -4.12. The molecule has 1 aliphatic rings. The molecule has 3 rings (SSSR count). The van der Waals surface area contributed by atoms with E-state index in [-0.39, 0.29) is 39.9 Å². The zero-order chi connectivity index (χ0) is 24.3. The van der Waals surface area contributed by atoms with Crippen molar-refractivity contribution in [2.75, 3.05) is 13.1 Å². The average Bonchev–Trinajstić information content (AvgIpc) is 3.42. The highest BCUT2D eigenvalue weighted by molar-refractivity contribution is 7.89. The molecule has 1 aromatic heterocycles. The number of rotatable bonds is 9. The van der Waals surface area contributed by atoms with Gasteiger partial charge in [0.05, 0.1) is 4.92 Å². The summed E-state index contributed by atoms with van der Waals surface area (Å²) in [4.78, 5) is 24.9. The minimum Gasteiger partial charge on any atom is -0.438 e. The SMILES string of the molecule is CC[C@@H](C)NS(=O)(=O)c1cc([N+](=O)[O-])ccc1Oc1c(C)c(C(=O)N2CCCC2)nn1CC. The van der Waals surface area contributed by atoms with Crippen LogP contribution >= 0.6 is 0 Å². The number of nitro groups is 1. The van der Waals surface area contributed by atoms with Gasteiger partial charge in [-0.2, -0.15) is 5.10 Å². The van der Waals surface area contributed by atoms with E-state index in [1.807, 2.05) is 13.8 Å². The third-order valence-corrected chi connectivity index (χ3v) is 7.24. The van der Waals surface area contributed by atoms with Crippen LogP contribution < -0.4 is 9.46 Å². The number of aryl methyl sites for hydroxylation is 1. The molecule has 1 aromatic carbocycles. The molecule has 0 radical (unpaired) electrons. The first-order valence-electron chi connectivity index (χ1n) is 10.9. The number of carbonyl (C=O) groups excluding carboxylic acids is 1. The van der Waals surface area contributed by atoms with E-state index in [2.05, 4.69) is 9.82 Å². The van der Waals surface area contributed by atoms with Crippen molar-refractivity contribution in [3.8, 4) is 11.6 Å². The summed E-state index contributed by atoms with van der Waals surface area (Å²) < 4.78 is 36.0. The fourth-order valence-electron chi connectivity index (χ4n) is 3.57. The van der Waals surface area contributed by atoms with E-state index in [0.29, 0.717) is 31.6 Å². The van der Waals surface area contributed by atoms with E-state index >= 15 is 0 Å². The lowest BCUT2D eigenvalue weighted by Crippen LogP contribution is -2.32. The Morgan fingerprint density at radius 3 is 2.55 bits per heavy atom. The number of non-ortho nitro benzene ring substituents is 1. The van der Waals surface area contributed by atoms with Gasteiger partial charge in [0.15, 0.2) is 5.69 Å². The van der Waals surface area contributed by atoms with Gasteiger partial charge in [0, 0.05) is 43.4 Å². The molecule has 12 heteroatoms. The number of hydrogen-bond acceptors (Lipinski definition) is 7. The first-order valence-corrected chi connectivity index (χ1v) is 12.4.